The molecule has 5 nitrogen and oxygen atoms in total. The number of furan rings is 1. The van der Waals surface area contributed by atoms with Crippen LogP contribution in [0.3, 0.4) is 0 Å². The fraction of sp³-hybridized carbons (Fsp3) is 0. The molecule has 2 heterocycles. The van der Waals surface area contributed by atoms with E-state index < -0.39 is 5.97 Å². The van der Waals surface area contributed by atoms with Crippen LogP contribution in [-0.4, -0.2) is 5.97 Å². The predicted octanol–water partition coefficient (Wildman–Crippen LogP) is 5.07. The van der Waals surface area contributed by atoms with Gasteiger partial charge in [0.25, 0.3) is 0 Å². The second-order valence-electron chi connectivity index (χ2n) is 5.25. The van der Waals surface area contributed by atoms with Crippen LogP contribution in [0, 0.1) is 0 Å². The molecule has 0 spiro atoms. The van der Waals surface area contributed by atoms with Crippen molar-refractivity contribution >= 4 is 51.1 Å². The number of benzene rings is 2. The molecule has 0 amide bonds. The van der Waals surface area contributed by atoms with Gasteiger partial charge in [0.05, 0.1) is 5.39 Å². The lowest BCUT2D eigenvalue weighted by molar-refractivity contribution is 0.0704. The highest BCUT2D eigenvalue weighted by Gasteiger charge is 2.16. The molecule has 0 N–H and O–H groups in total. The molecule has 0 atom stereocenters. The molecular weight excluding hydrogens is 367 g/mol. The number of ether oxygens (including phenoxy) is 1. The summed E-state index contributed by atoms with van der Waals surface area (Å²) in [6.07, 6.45) is 1.14. The van der Waals surface area contributed by atoms with Crippen LogP contribution in [0.5, 0.6) is 5.75 Å². The molecule has 0 fully saturated rings. The van der Waals surface area contributed by atoms with Gasteiger partial charge in [0.1, 0.15) is 28.2 Å². The molecule has 0 saturated carbocycles. The number of hydrogen-bond donors (Lipinski definition) is 0. The predicted molar refractivity (Wildman–Crippen MR) is 93.7 cm³/mol. The van der Waals surface area contributed by atoms with Gasteiger partial charge in [-0.05, 0) is 36.4 Å². The van der Waals surface area contributed by atoms with E-state index in [4.69, 9.17) is 36.8 Å². The van der Waals surface area contributed by atoms with E-state index >= 15 is 0 Å². The molecule has 25 heavy (non-hydrogen) atoms. The zero-order chi connectivity index (χ0) is 17.6. The molecule has 0 saturated heterocycles. The van der Waals surface area contributed by atoms with Crippen molar-refractivity contribution < 1.29 is 18.4 Å². The van der Waals surface area contributed by atoms with Gasteiger partial charge in [-0.2, -0.15) is 0 Å². The first-order chi connectivity index (χ1) is 12.0. The Morgan fingerprint density at radius 1 is 1.00 bits per heavy atom. The summed E-state index contributed by atoms with van der Waals surface area (Å²) in [6.45, 7) is 0. The van der Waals surface area contributed by atoms with E-state index in [1.165, 1.54) is 18.2 Å². The second kappa shape index (κ2) is 5.95. The van der Waals surface area contributed by atoms with E-state index in [0.717, 1.165) is 6.26 Å². The Bertz CT molecular complexity index is 1190. The van der Waals surface area contributed by atoms with Gasteiger partial charge in [-0.25, -0.2) is 4.79 Å². The SMILES string of the molecule is O=C(Oc1ccc2c(=O)c(Cl)coc2c1)c1cc2cc(Cl)ccc2o1. The van der Waals surface area contributed by atoms with E-state index in [0.29, 0.717) is 21.4 Å². The topological polar surface area (TPSA) is 69.7 Å². The molecule has 0 radical (unpaired) electrons. The minimum atomic E-state index is -0.678. The minimum absolute atomic E-state index is 0.0156. The first kappa shape index (κ1) is 15.7. The summed E-state index contributed by atoms with van der Waals surface area (Å²) in [5, 5.41) is 1.51. The molecular formula is C18H8Cl2O5. The molecule has 0 aliphatic carbocycles. The van der Waals surface area contributed by atoms with Crippen molar-refractivity contribution in [1.29, 1.82) is 0 Å². The lowest BCUT2D eigenvalue weighted by Gasteiger charge is -2.03. The number of rotatable bonds is 2. The highest BCUT2D eigenvalue weighted by molar-refractivity contribution is 6.31. The number of hydrogen-bond acceptors (Lipinski definition) is 5. The zero-order valence-electron chi connectivity index (χ0n) is 12.4. The molecule has 124 valence electrons. The Kier molecular flexibility index (Phi) is 3.75. The van der Waals surface area contributed by atoms with Crippen LogP contribution >= 0.6 is 23.2 Å². The van der Waals surface area contributed by atoms with Crippen LogP contribution in [0.2, 0.25) is 10.0 Å². The molecule has 4 aromatic rings. The third-order valence-corrected chi connectivity index (χ3v) is 4.09. The first-order valence-corrected chi connectivity index (χ1v) is 7.89. The maximum Gasteiger partial charge on any atom is 0.379 e. The molecule has 0 bridgehead atoms. The average molecular weight is 375 g/mol. The molecule has 4 rings (SSSR count). The van der Waals surface area contributed by atoms with E-state index in [1.54, 1.807) is 24.3 Å². The number of carbonyl (C=O) groups excluding carboxylic acids is 1. The van der Waals surface area contributed by atoms with Crippen molar-refractivity contribution in [3.63, 3.8) is 0 Å². The monoisotopic (exact) mass is 374 g/mol. The van der Waals surface area contributed by atoms with E-state index in [1.807, 2.05) is 0 Å². The van der Waals surface area contributed by atoms with Gasteiger partial charge < -0.3 is 13.6 Å². The molecule has 0 aliphatic heterocycles. The summed E-state index contributed by atoms with van der Waals surface area (Å²) in [6, 6.07) is 11.0. The highest BCUT2D eigenvalue weighted by atomic mass is 35.5. The molecule has 2 aromatic carbocycles. The second-order valence-corrected chi connectivity index (χ2v) is 6.10. The molecule has 0 unspecified atom stereocenters. The van der Waals surface area contributed by atoms with Crippen LogP contribution < -0.4 is 10.2 Å². The number of halogens is 2. The Morgan fingerprint density at radius 3 is 2.68 bits per heavy atom. The number of fused-ring (bicyclic) bond motifs is 2. The maximum absolute atomic E-state index is 12.3. The minimum Gasteiger partial charge on any atom is -0.462 e. The lowest BCUT2D eigenvalue weighted by atomic mass is 10.2. The summed E-state index contributed by atoms with van der Waals surface area (Å²) in [4.78, 5) is 24.1. The van der Waals surface area contributed by atoms with Gasteiger partial charge in [-0.15, -0.1) is 0 Å². The van der Waals surface area contributed by atoms with E-state index in [-0.39, 0.29) is 27.5 Å². The van der Waals surface area contributed by atoms with Gasteiger partial charge in [0.2, 0.25) is 11.2 Å². The Hall–Kier alpha value is -2.76. The van der Waals surface area contributed by atoms with Crippen molar-refractivity contribution in [1.82, 2.24) is 0 Å². The first-order valence-electron chi connectivity index (χ1n) is 7.13. The largest absolute Gasteiger partial charge is 0.462 e. The third kappa shape index (κ3) is 2.88. The fourth-order valence-corrected chi connectivity index (χ4v) is 2.75. The Labute approximate surface area is 150 Å². The van der Waals surface area contributed by atoms with E-state index in [9.17, 15) is 9.59 Å². The Balaban J connectivity index is 1.66. The molecule has 7 heteroatoms. The highest BCUT2D eigenvalue weighted by Crippen LogP contribution is 2.25. The molecule has 0 aliphatic rings. The van der Waals surface area contributed by atoms with Crippen LogP contribution in [0.25, 0.3) is 21.9 Å². The maximum atomic E-state index is 12.3. The van der Waals surface area contributed by atoms with Crippen LogP contribution in [0.15, 0.2) is 62.4 Å². The van der Waals surface area contributed by atoms with Crippen LogP contribution in [0.1, 0.15) is 10.6 Å². The van der Waals surface area contributed by atoms with Crippen molar-refractivity contribution in [2.75, 3.05) is 0 Å². The van der Waals surface area contributed by atoms with Crippen LogP contribution in [-0.2, 0) is 0 Å². The summed E-state index contributed by atoms with van der Waals surface area (Å²) in [7, 11) is 0. The third-order valence-electron chi connectivity index (χ3n) is 3.59. The Morgan fingerprint density at radius 2 is 1.84 bits per heavy atom. The standard InChI is InChI=1S/C18H8Cl2O5/c19-10-1-4-14-9(5-10)6-16(25-14)18(22)24-11-2-3-12-15(7-11)23-8-13(20)17(12)21/h1-8H. The summed E-state index contributed by atoms with van der Waals surface area (Å²) >= 11 is 11.6. The van der Waals surface area contributed by atoms with Crippen LogP contribution in [0.4, 0.5) is 0 Å². The normalized spacial score (nSPS) is 11.1. The lowest BCUT2D eigenvalue weighted by Crippen LogP contribution is -2.07. The summed E-state index contributed by atoms with van der Waals surface area (Å²) in [5.41, 5.74) is 0.432. The van der Waals surface area contributed by atoms with Crippen molar-refractivity contribution in [3.05, 3.63) is 74.8 Å². The van der Waals surface area contributed by atoms with Crippen molar-refractivity contribution in [3.8, 4) is 5.75 Å². The fourth-order valence-electron chi connectivity index (χ4n) is 2.42. The number of esters is 1. The zero-order valence-corrected chi connectivity index (χ0v) is 13.9. The number of carbonyl (C=O) groups is 1. The summed E-state index contributed by atoms with van der Waals surface area (Å²) in [5.74, 6) is -0.431. The van der Waals surface area contributed by atoms with Crippen molar-refractivity contribution in [2.24, 2.45) is 0 Å². The van der Waals surface area contributed by atoms with E-state index in [2.05, 4.69) is 0 Å². The smallest absolute Gasteiger partial charge is 0.379 e. The summed E-state index contributed by atoms with van der Waals surface area (Å²) < 4.78 is 16.0. The van der Waals surface area contributed by atoms with Crippen molar-refractivity contribution in [2.45, 2.75) is 0 Å². The van der Waals surface area contributed by atoms with Gasteiger partial charge in [-0.1, -0.05) is 23.2 Å². The quantitative estimate of drug-likeness (QED) is 0.362. The van der Waals surface area contributed by atoms with Gasteiger partial charge in [0.15, 0.2) is 0 Å². The van der Waals surface area contributed by atoms with Gasteiger partial charge in [-0.3, -0.25) is 4.79 Å². The van der Waals surface area contributed by atoms with Gasteiger partial charge in [0, 0.05) is 16.5 Å². The average Bonchev–Trinajstić information content (AvgIpc) is 3.01. The molecule has 2 aromatic heterocycles. The van der Waals surface area contributed by atoms with Gasteiger partial charge >= 0.3 is 5.97 Å².